The lowest BCUT2D eigenvalue weighted by Crippen LogP contribution is -2.50. The molecule has 0 spiro atoms. The highest BCUT2D eigenvalue weighted by Gasteiger charge is 2.44. The van der Waals surface area contributed by atoms with Crippen LogP contribution in [0.5, 0.6) is 0 Å². The predicted octanol–water partition coefficient (Wildman–Crippen LogP) is 5.73. The van der Waals surface area contributed by atoms with Crippen molar-refractivity contribution in [2.75, 3.05) is 62.8 Å². The molecular weight excluding hydrogens is 669 g/mol. The van der Waals surface area contributed by atoms with Crippen molar-refractivity contribution in [3.05, 3.63) is 95.6 Å². The van der Waals surface area contributed by atoms with Crippen LogP contribution in [-0.4, -0.2) is 111 Å². The first-order chi connectivity index (χ1) is 24.3. The zero-order valence-electron chi connectivity index (χ0n) is 28.9. The average molecular weight is 717 g/mol. The summed E-state index contributed by atoms with van der Waals surface area (Å²) in [6.07, 6.45) is 6.30. The zero-order valence-corrected chi connectivity index (χ0v) is 30.5. The summed E-state index contributed by atoms with van der Waals surface area (Å²) in [7, 11) is -2.40. The molecule has 0 radical (unpaired) electrons. The summed E-state index contributed by atoms with van der Waals surface area (Å²) in [6.45, 7) is 6.00. The zero-order chi connectivity index (χ0) is 34.7. The van der Waals surface area contributed by atoms with Gasteiger partial charge in [0.25, 0.3) is 21.9 Å². The van der Waals surface area contributed by atoms with Crippen LogP contribution in [0.15, 0.2) is 83.8 Å². The smallest absolute Gasteiger partial charge is 0.269 e. The van der Waals surface area contributed by atoms with E-state index in [4.69, 9.17) is 0 Å². The molecule has 5 aliphatic heterocycles. The monoisotopic (exact) mass is 716 g/mol. The van der Waals surface area contributed by atoms with E-state index in [0.29, 0.717) is 36.5 Å². The number of amides is 2. The summed E-state index contributed by atoms with van der Waals surface area (Å²) < 4.78 is 27.5. The van der Waals surface area contributed by atoms with Crippen molar-refractivity contribution in [2.45, 2.75) is 67.5 Å². The van der Waals surface area contributed by atoms with E-state index < -0.39 is 10.1 Å². The van der Waals surface area contributed by atoms with E-state index >= 15 is 0 Å². The number of para-hydroxylation sites is 1. The van der Waals surface area contributed by atoms with Crippen molar-refractivity contribution in [3.8, 4) is 0 Å². The molecule has 50 heavy (non-hydrogen) atoms. The summed E-state index contributed by atoms with van der Waals surface area (Å²) in [5.74, 6) is 1.81. The molecule has 0 N–H and O–H groups in total. The van der Waals surface area contributed by atoms with Crippen molar-refractivity contribution >= 4 is 39.4 Å². The number of thioether (sulfide) groups is 1. The first-order valence-corrected chi connectivity index (χ1v) is 20.6. The van der Waals surface area contributed by atoms with E-state index in [0.717, 1.165) is 58.1 Å². The van der Waals surface area contributed by atoms with Gasteiger partial charge in [-0.3, -0.25) is 13.8 Å². The van der Waals surface area contributed by atoms with Crippen LogP contribution in [0.25, 0.3) is 0 Å². The standard InChI is InChI=1S/C26H31N3OS.C13H17NO4S/c30-26(19-7-2-1-3-8-19)28-13-5-9-20(28)17-27-15-12-23-22(18-27)21-10-4-11-24-25(21)29(23)14-6-16-31-24;1-18-19(16,17)10-12-8-5-9-14(12)13(15)11-6-3-2-4-7-11/h1-4,7-8,10-11,20,22-23H,5-6,9,12-18H2;2-4,6-7,12H,5,8-10H2,1H3/t20-,22+,23+;12-/m11/s1. The van der Waals surface area contributed by atoms with Crippen LogP contribution >= 0.6 is 11.8 Å². The van der Waals surface area contributed by atoms with Gasteiger partial charge in [0.05, 0.1) is 18.6 Å². The molecule has 5 aliphatic rings. The quantitative estimate of drug-likeness (QED) is 0.287. The third kappa shape index (κ3) is 7.47. The number of carbonyl (C=O) groups excluding carboxylic acids is 2. The van der Waals surface area contributed by atoms with E-state index in [2.05, 4.69) is 37.1 Å². The van der Waals surface area contributed by atoms with Gasteiger partial charge in [0.15, 0.2) is 0 Å². The molecule has 3 aromatic carbocycles. The number of benzene rings is 3. The van der Waals surface area contributed by atoms with Crippen LogP contribution in [-0.2, 0) is 14.3 Å². The average Bonchev–Trinajstić information content (AvgIpc) is 3.84. The largest absolute Gasteiger partial charge is 0.367 e. The van der Waals surface area contributed by atoms with Crippen LogP contribution in [0.2, 0.25) is 0 Å². The summed E-state index contributed by atoms with van der Waals surface area (Å²) in [5.41, 5.74) is 4.53. The summed E-state index contributed by atoms with van der Waals surface area (Å²) >= 11 is 2.04. The Hall–Kier alpha value is -3.38. The number of piperidine rings is 1. The van der Waals surface area contributed by atoms with E-state index in [1.807, 2.05) is 48.2 Å². The van der Waals surface area contributed by atoms with Crippen molar-refractivity contribution in [2.24, 2.45) is 0 Å². The van der Waals surface area contributed by atoms with Gasteiger partial charge in [-0.1, -0.05) is 48.5 Å². The molecule has 9 nitrogen and oxygen atoms in total. The minimum Gasteiger partial charge on any atom is -0.367 e. The summed E-state index contributed by atoms with van der Waals surface area (Å²) in [6, 6.07) is 26.4. The van der Waals surface area contributed by atoms with Gasteiger partial charge >= 0.3 is 0 Å². The Morgan fingerprint density at radius 2 is 1.40 bits per heavy atom. The molecule has 0 unspecified atom stereocenters. The maximum absolute atomic E-state index is 13.1. The summed E-state index contributed by atoms with van der Waals surface area (Å²) in [5, 5.41) is 0. The van der Waals surface area contributed by atoms with Crippen LogP contribution in [0.3, 0.4) is 0 Å². The van der Waals surface area contributed by atoms with Gasteiger partial charge in [-0.2, -0.15) is 8.42 Å². The van der Waals surface area contributed by atoms with Crippen molar-refractivity contribution in [1.82, 2.24) is 14.7 Å². The highest BCUT2D eigenvalue weighted by molar-refractivity contribution is 7.99. The number of likely N-dealkylation sites (tertiary alicyclic amines) is 3. The number of hydrogen-bond acceptors (Lipinski definition) is 8. The molecule has 3 aromatic rings. The third-order valence-corrected chi connectivity index (χ3v) is 13.4. The second-order valence-electron chi connectivity index (χ2n) is 14.0. The predicted molar refractivity (Wildman–Crippen MR) is 199 cm³/mol. The Morgan fingerprint density at radius 3 is 2.06 bits per heavy atom. The molecule has 266 valence electrons. The fourth-order valence-electron chi connectivity index (χ4n) is 8.64. The van der Waals surface area contributed by atoms with Crippen molar-refractivity contribution < 1.29 is 22.2 Å². The molecule has 0 bridgehead atoms. The van der Waals surface area contributed by atoms with Gasteiger partial charge in [0, 0.05) is 79.3 Å². The van der Waals surface area contributed by atoms with Crippen LogP contribution in [0.1, 0.15) is 70.7 Å². The number of hydrogen-bond donors (Lipinski definition) is 0. The fraction of sp³-hybridized carbons (Fsp3) is 0.487. The molecule has 5 heterocycles. The molecule has 0 aromatic heterocycles. The van der Waals surface area contributed by atoms with E-state index in [9.17, 15) is 18.0 Å². The summed E-state index contributed by atoms with van der Waals surface area (Å²) in [4.78, 5) is 36.1. The molecule has 0 saturated carbocycles. The maximum Gasteiger partial charge on any atom is 0.269 e. The van der Waals surface area contributed by atoms with Crippen LogP contribution in [0.4, 0.5) is 5.69 Å². The lowest BCUT2D eigenvalue weighted by molar-refractivity contribution is 0.0680. The molecule has 11 heteroatoms. The minimum atomic E-state index is -3.55. The molecule has 3 saturated heterocycles. The Bertz CT molecular complexity index is 1760. The molecule has 8 rings (SSSR count). The first-order valence-electron chi connectivity index (χ1n) is 18.1. The van der Waals surface area contributed by atoms with Gasteiger partial charge in [-0.05, 0) is 80.2 Å². The second kappa shape index (κ2) is 15.5. The molecule has 2 amide bonds. The van der Waals surface area contributed by atoms with Gasteiger partial charge < -0.3 is 19.6 Å². The maximum atomic E-state index is 13.1. The van der Waals surface area contributed by atoms with E-state index in [1.165, 1.54) is 30.0 Å². The van der Waals surface area contributed by atoms with Crippen molar-refractivity contribution in [1.29, 1.82) is 0 Å². The fourth-order valence-corrected chi connectivity index (χ4v) is 10.6. The Morgan fingerprint density at radius 1 is 0.760 bits per heavy atom. The van der Waals surface area contributed by atoms with Crippen LogP contribution < -0.4 is 4.90 Å². The molecule has 4 atom stereocenters. The first kappa shape index (κ1) is 35.0. The van der Waals surface area contributed by atoms with Gasteiger partial charge in [-0.25, -0.2) is 0 Å². The molecule has 3 fully saturated rings. The van der Waals surface area contributed by atoms with Gasteiger partial charge in [0.1, 0.15) is 0 Å². The normalized spacial score (nSPS) is 24.6. The Labute approximate surface area is 301 Å². The van der Waals surface area contributed by atoms with Crippen molar-refractivity contribution in [3.63, 3.8) is 0 Å². The van der Waals surface area contributed by atoms with E-state index in [-0.39, 0.29) is 23.6 Å². The number of rotatable bonds is 7. The number of anilines is 1. The number of carbonyl (C=O) groups is 2. The van der Waals surface area contributed by atoms with Gasteiger partial charge in [-0.15, -0.1) is 11.8 Å². The lowest BCUT2D eigenvalue weighted by Gasteiger charge is -2.40. The highest BCUT2D eigenvalue weighted by atomic mass is 32.2. The lowest BCUT2D eigenvalue weighted by atomic mass is 9.88. The Balaban J connectivity index is 0.000000178. The van der Waals surface area contributed by atoms with E-state index in [1.54, 1.807) is 40.4 Å². The topological polar surface area (TPSA) is 90.5 Å². The number of fused-ring (bicyclic) bond motifs is 3. The SMILES string of the molecule is COS(=O)(=O)C[C@H]1CCCN1C(=O)c1ccccc1.O=C(c1ccccc1)N1CCC[C@@H]1CN1CC[C@H]2[C@@H](C1)c1cccc3c1N2CCCS3. The second-order valence-corrected chi connectivity index (χ2v) is 16.9. The third-order valence-electron chi connectivity index (χ3n) is 11.0. The molecule has 0 aliphatic carbocycles. The molecular formula is C39H48N4O5S2. The Kier molecular flexibility index (Phi) is 10.8. The van der Waals surface area contributed by atoms with Gasteiger partial charge in [0.2, 0.25) is 0 Å². The number of nitrogens with zero attached hydrogens (tertiary/aromatic N) is 4. The van der Waals surface area contributed by atoms with Crippen LogP contribution in [0, 0.1) is 0 Å². The highest BCUT2D eigenvalue weighted by Crippen LogP contribution is 2.50. The minimum absolute atomic E-state index is 0.116.